The molecule has 2 heteroatoms. The highest BCUT2D eigenvalue weighted by atomic mass is 16.3. The van der Waals surface area contributed by atoms with Crippen LogP contribution in [0.25, 0.3) is 0 Å². The second kappa shape index (κ2) is 5.05. The molecule has 1 aliphatic carbocycles. The number of hydrogen-bond donors (Lipinski definition) is 2. The minimum absolute atomic E-state index is 0.0509. The summed E-state index contributed by atoms with van der Waals surface area (Å²) >= 11 is 0. The first-order valence-corrected chi connectivity index (χ1v) is 6.70. The van der Waals surface area contributed by atoms with Crippen LogP contribution in [0.1, 0.15) is 60.3 Å². The van der Waals surface area contributed by atoms with Gasteiger partial charge in [-0.3, -0.25) is 0 Å². The molecule has 0 amide bonds. The van der Waals surface area contributed by atoms with E-state index in [9.17, 15) is 5.11 Å². The van der Waals surface area contributed by atoms with Gasteiger partial charge in [-0.25, -0.2) is 0 Å². The van der Waals surface area contributed by atoms with Crippen molar-refractivity contribution in [3.05, 3.63) is 0 Å². The fourth-order valence-electron chi connectivity index (χ4n) is 3.48. The number of rotatable bonds is 3. The Morgan fingerprint density at radius 1 is 1.31 bits per heavy atom. The first-order chi connectivity index (χ1) is 7.32. The van der Waals surface area contributed by atoms with E-state index >= 15 is 0 Å². The van der Waals surface area contributed by atoms with E-state index in [0.29, 0.717) is 12.0 Å². The summed E-state index contributed by atoms with van der Waals surface area (Å²) in [7, 11) is 0. The molecule has 2 N–H and O–H groups in total. The highest BCUT2D eigenvalue weighted by molar-refractivity contribution is 5.01. The smallest absolute Gasteiger partial charge is 0.0616 e. The lowest BCUT2D eigenvalue weighted by Crippen LogP contribution is -2.61. The predicted octanol–water partition coefficient (Wildman–Crippen LogP) is 2.95. The Morgan fingerprint density at radius 3 is 2.38 bits per heavy atom. The lowest BCUT2D eigenvalue weighted by atomic mass is 9.62. The summed E-state index contributed by atoms with van der Waals surface area (Å²) in [6.07, 6.45) is 4.91. The van der Waals surface area contributed by atoms with E-state index in [4.69, 9.17) is 0 Å². The van der Waals surface area contributed by atoms with Gasteiger partial charge in [0, 0.05) is 11.6 Å². The molecule has 2 nitrogen and oxygen atoms in total. The first kappa shape index (κ1) is 14.0. The largest absolute Gasteiger partial charge is 0.394 e. The molecule has 0 aromatic rings. The van der Waals surface area contributed by atoms with Crippen molar-refractivity contribution in [1.29, 1.82) is 0 Å². The molecule has 16 heavy (non-hydrogen) atoms. The number of aliphatic hydroxyl groups is 1. The third-order valence-corrected chi connectivity index (χ3v) is 3.94. The van der Waals surface area contributed by atoms with Crippen LogP contribution >= 0.6 is 0 Å². The van der Waals surface area contributed by atoms with E-state index in [1.165, 1.54) is 19.3 Å². The normalized spacial score (nSPS) is 32.1. The van der Waals surface area contributed by atoms with Crippen molar-refractivity contribution >= 4 is 0 Å². The lowest BCUT2D eigenvalue weighted by Gasteiger charge is -2.50. The minimum Gasteiger partial charge on any atom is -0.394 e. The summed E-state index contributed by atoms with van der Waals surface area (Å²) in [6, 6.07) is 0.440. The zero-order valence-corrected chi connectivity index (χ0v) is 11.6. The Labute approximate surface area is 101 Å². The van der Waals surface area contributed by atoms with Crippen LogP contribution in [0.3, 0.4) is 0 Å². The molecule has 0 aliphatic heterocycles. The summed E-state index contributed by atoms with van der Waals surface area (Å²) in [6.45, 7) is 11.5. The Balaban J connectivity index is 2.92. The highest BCUT2D eigenvalue weighted by Crippen LogP contribution is 2.44. The van der Waals surface area contributed by atoms with Crippen molar-refractivity contribution in [1.82, 2.24) is 5.32 Å². The molecular weight excluding hydrogens is 198 g/mol. The van der Waals surface area contributed by atoms with Gasteiger partial charge in [0.05, 0.1) is 6.61 Å². The van der Waals surface area contributed by atoms with Crippen molar-refractivity contribution < 1.29 is 5.11 Å². The zero-order valence-electron chi connectivity index (χ0n) is 11.6. The summed E-state index contributed by atoms with van der Waals surface area (Å²) in [4.78, 5) is 0. The molecule has 0 aromatic carbocycles. The summed E-state index contributed by atoms with van der Waals surface area (Å²) in [5.41, 5.74) is 0.218. The molecule has 1 fully saturated rings. The summed E-state index contributed by atoms with van der Waals surface area (Å²) in [5.74, 6) is 0.571. The fourth-order valence-corrected chi connectivity index (χ4v) is 3.48. The maximum absolute atomic E-state index is 9.86. The van der Waals surface area contributed by atoms with Gasteiger partial charge in [0.1, 0.15) is 0 Å². The van der Waals surface area contributed by atoms with Gasteiger partial charge < -0.3 is 10.4 Å². The van der Waals surface area contributed by atoms with Gasteiger partial charge in [0.25, 0.3) is 0 Å². The van der Waals surface area contributed by atoms with Gasteiger partial charge in [-0.05, 0) is 24.2 Å². The van der Waals surface area contributed by atoms with E-state index in [1.54, 1.807) is 0 Å². The number of aliphatic hydroxyl groups excluding tert-OH is 1. The molecule has 2 atom stereocenters. The quantitative estimate of drug-likeness (QED) is 0.777. The molecule has 0 spiro atoms. The van der Waals surface area contributed by atoms with Crippen LogP contribution in [0.2, 0.25) is 0 Å². The van der Waals surface area contributed by atoms with Crippen molar-refractivity contribution in [3.8, 4) is 0 Å². The number of nitrogens with one attached hydrogen (secondary N) is 1. The molecule has 1 saturated carbocycles. The molecule has 1 rings (SSSR count). The van der Waals surface area contributed by atoms with E-state index in [1.807, 2.05) is 0 Å². The van der Waals surface area contributed by atoms with E-state index in [-0.39, 0.29) is 17.6 Å². The van der Waals surface area contributed by atoms with Crippen molar-refractivity contribution in [2.45, 2.75) is 71.9 Å². The zero-order chi connectivity index (χ0) is 12.4. The summed E-state index contributed by atoms with van der Waals surface area (Å²) < 4.78 is 0. The molecule has 0 aromatic heterocycles. The molecule has 2 unspecified atom stereocenters. The van der Waals surface area contributed by atoms with E-state index in [2.05, 4.69) is 39.9 Å². The average Bonchev–Trinajstić information content (AvgIpc) is 2.15. The summed E-state index contributed by atoms with van der Waals surface area (Å²) in [5, 5.41) is 13.5. The van der Waals surface area contributed by atoms with Crippen LogP contribution in [-0.4, -0.2) is 23.3 Å². The monoisotopic (exact) mass is 227 g/mol. The van der Waals surface area contributed by atoms with Crippen molar-refractivity contribution in [2.24, 2.45) is 11.3 Å². The Kier molecular flexibility index (Phi) is 4.42. The van der Waals surface area contributed by atoms with Crippen LogP contribution in [0, 0.1) is 11.3 Å². The van der Waals surface area contributed by atoms with Crippen LogP contribution in [-0.2, 0) is 0 Å². The van der Waals surface area contributed by atoms with Gasteiger partial charge in [0.15, 0.2) is 0 Å². The van der Waals surface area contributed by atoms with E-state index < -0.39 is 0 Å². The standard InChI is InChI=1S/C14H29NO/c1-11(2)15-14(10-16)9-7-6-8-12(14)13(3,4)5/h11-12,15-16H,6-10H2,1-5H3. The molecule has 96 valence electrons. The molecule has 0 saturated heterocycles. The second-order valence-electron chi connectivity index (χ2n) is 6.78. The van der Waals surface area contributed by atoms with Crippen LogP contribution < -0.4 is 5.32 Å². The maximum atomic E-state index is 9.86. The SMILES string of the molecule is CC(C)NC1(CO)CCCCC1C(C)(C)C. The molecule has 0 bridgehead atoms. The van der Waals surface area contributed by atoms with Gasteiger partial charge in [-0.2, -0.15) is 0 Å². The molecule has 1 aliphatic rings. The topological polar surface area (TPSA) is 32.3 Å². The Bertz CT molecular complexity index is 219. The van der Waals surface area contributed by atoms with E-state index in [0.717, 1.165) is 6.42 Å². The Hall–Kier alpha value is -0.0800. The van der Waals surface area contributed by atoms with Gasteiger partial charge in [-0.15, -0.1) is 0 Å². The van der Waals surface area contributed by atoms with Crippen LogP contribution in [0.4, 0.5) is 0 Å². The third kappa shape index (κ3) is 2.98. The van der Waals surface area contributed by atoms with Crippen molar-refractivity contribution in [2.75, 3.05) is 6.61 Å². The van der Waals surface area contributed by atoms with Crippen LogP contribution in [0.5, 0.6) is 0 Å². The molecular formula is C14H29NO. The van der Waals surface area contributed by atoms with Crippen LogP contribution in [0.15, 0.2) is 0 Å². The highest BCUT2D eigenvalue weighted by Gasteiger charge is 2.45. The number of hydrogen-bond acceptors (Lipinski definition) is 2. The average molecular weight is 227 g/mol. The minimum atomic E-state index is -0.0509. The maximum Gasteiger partial charge on any atom is 0.0616 e. The fraction of sp³-hybridized carbons (Fsp3) is 1.00. The lowest BCUT2D eigenvalue weighted by molar-refractivity contribution is 0.00261. The molecule has 0 radical (unpaired) electrons. The van der Waals surface area contributed by atoms with Crippen molar-refractivity contribution in [3.63, 3.8) is 0 Å². The van der Waals surface area contributed by atoms with Gasteiger partial charge in [-0.1, -0.05) is 47.5 Å². The first-order valence-electron chi connectivity index (χ1n) is 6.70. The Morgan fingerprint density at radius 2 is 1.94 bits per heavy atom. The third-order valence-electron chi connectivity index (χ3n) is 3.94. The molecule has 0 heterocycles. The van der Waals surface area contributed by atoms with Gasteiger partial charge in [0.2, 0.25) is 0 Å². The van der Waals surface area contributed by atoms with Gasteiger partial charge >= 0.3 is 0 Å². The second-order valence-corrected chi connectivity index (χ2v) is 6.78. The predicted molar refractivity (Wildman–Crippen MR) is 69.5 cm³/mol.